The molecule has 0 atom stereocenters. The maximum Gasteiger partial charge on any atom is 0.0138 e. The van der Waals surface area contributed by atoms with E-state index in [0.29, 0.717) is 5.16 Å². The van der Waals surface area contributed by atoms with E-state index in [9.17, 15) is 0 Å². The van der Waals surface area contributed by atoms with E-state index >= 15 is 0 Å². The third-order valence-corrected chi connectivity index (χ3v) is 5.86. The van der Waals surface area contributed by atoms with Crippen LogP contribution in [0.2, 0.25) is 0 Å². The van der Waals surface area contributed by atoms with Crippen molar-refractivity contribution in [2.24, 2.45) is 0 Å². The minimum Gasteiger partial charge on any atom is -0.102 e. The third-order valence-electron chi connectivity index (χ3n) is 3.22. The van der Waals surface area contributed by atoms with Crippen molar-refractivity contribution < 1.29 is 0 Å². The lowest BCUT2D eigenvalue weighted by molar-refractivity contribution is 0.628. The van der Waals surface area contributed by atoms with Gasteiger partial charge in [0.1, 0.15) is 0 Å². The van der Waals surface area contributed by atoms with Gasteiger partial charge >= 0.3 is 0 Å². The monoisotopic (exact) mass is 224 g/mol. The first kappa shape index (κ1) is 14.6. The lowest BCUT2D eigenvalue weighted by Crippen LogP contribution is -2.25. The van der Waals surface area contributed by atoms with Crippen molar-refractivity contribution in [3.63, 3.8) is 0 Å². The zero-order chi connectivity index (χ0) is 11.9. The molecule has 0 rings (SSSR count). The SMILES string of the molecule is C=C(/C=C\C=C/C)C(CC)(CC)P(C)C. The zero-order valence-electron chi connectivity index (χ0n) is 10.9. The molecule has 1 heteroatoms. The van der Waals surface area contributed by atoms with E-state index in [2.05, 4.69) is 52.0 Å². The van der Waals surface area contributed by atoms with Crippen LogP contribution in [0.4, 0.5) is 0 Å². The summed E-state index contributed by atoms with van der Waals surface area (Å²) in [5.74, 6) is 0. The van der Waals surface area contributed by atoms with E-state index < -0.39 is 0 Å². The topological polar surface area (TPSA) is 0 Å². The van der Waals surface area contributed by atoms with Crippen LogP contribution in [0, 0.1) is 0 Å². The molecule has 0 heterocycles. The molecule has 0 nitrogen and oxygen atoms in total. The van der Waals surface area contributed by atoms with Gasteiger partial charge in [0.15, 0.2) is 0 Å². The molecule has 0 amide bonds. The molecule has 0 N–H and O–H groups in total. The fourth-order valence-electron chi connectivity index (χ4n) is 2.06. The Kier molecular flexibility index (Phi) is 6.85. The van der Waals surface area contributed by atoms with Crippen molar-refractivity contribution in [3.8, 4) is 0 Å². The minimum atomic E-state index is 0.0165. The van der Waals surface area contributed by atoms with Gasteiger partial charge in [-0.3, -0.25) is 0 Å². The maximum atomic E-state index is 4.26. The van der Waals surface area contributed by atoms with E-state index in [-0.39, 0.29) is 7.92 Å². The highest BCUT2D eigenvalue weighted by Gasteiger charge is 2.31. The molecule has 0 saturated carbocycles. The number of hydrogen-bond donors (Lipinski definition) is 0. The van der Waals surface area contributed by atoms with Crippen LogP contribution in [-0.2, 0) is 0 Å². The Morgan fingerprint density at radius 2 is 1.73 bits per heavy atom. The first-order valence-corrected chi connectivity index (χ1v) is 7.95. The summed E-state index contributed by atoms with van der Waals surface area (Å²) in [5.41, 5.74) is 1.29. The summed E-state index contributed by atoms with van der Waals surface area (Å²) in [6.07, 6.45) is 10.8. The average molecular weight is 224 g/mol. The Labute approximate surface area is 96.9 Å². The van der Waals surface area contributed by atoms with Crippen LogP contribution in [0.25, 0.3) is 0 Å². The summed E-state index contributed by atoms with van der Waals surface area (Å²) < 4.78 is 0. The van der Waals surface area contributed by atoms with Crippen LogP contribution in [0.5, 0.6) is 0 Å². The smallest absolute Gasteiger partial charge is 0.0138 e. The summed E-state index contributed by atoms with van der Waals surface area (Å²) >= 11 is 0. The molecule has 0 fully saturated rings. The molecule has 0 radical (unpaired) electrons. The molecule has 86 valence electrons. The van der Waals surface area contributed by atoms with Gasteiger partial charge in [0.2, 0.25) is 0 Å². The van der Waals surface area contributed by atoms with Gasteiger partial charge in [-0.25, -0.2) is 0 Å². The van der Waals surface area contributed by atoms with Gasteiger partial charge in [-0.2, -0.15) is 0 Å². The Morgan fingerprint density at radius 3 is 2.07 bits per heavy atom. The molecule has 0 aromatic carbocycles. The standard InChI is InChI=1S/C14H25P/c1-7-10-11-12-13(4)14(8-2,9-3)15(5)6/h7,10-12H,4,8-9H2,1-3,5-6H3/b10-7-,12-11-. The Bertz CT molecular complexity index is 242. The quantitative estimate of drug-likeness (QED) is 0.441. The molecule has 0 bridgehead atoms. The predicted molar refractivity (Wildman–Crippen MR) is 75.2 cm³/mol. The van der Waals surface area contributed by atoms with Gasteiger partial charge in [0.05, 0.1) is 0 Å². The summed E-state index contributed by atoms with van der Waals surface area (Å²) in [5, 5.41) is 0.341. The third kappa shape index (κ3) is 3.61. The second-order valence-electron chi connectivity index (χ2n) is 4.04. The van der Waals surface area contributed by atoms with Crippen molar-refractivity contribution >= 4 is 7.92 Å². The molecule has 0 spiro atoms. The Morgan fingerprint density at radius 1 is 1.20 bits per heavy atom. The van der Waals surface area contributed by atoms with Crippen LogP contribution >= 0.6 is 7.92 Å². The van der Waals surface area contributed by atoms with E-state index in [1.807, 2.05) is 13.0 Å². The summed E-state index contributed by atoms with van der Waals surface area (Å²) in [4.78, 5) is 0. The van der Waals surface area contributed by atoms with Gasteiger partial charge in [0, 0.05) is 5.16 Å². The van der Waals surface area contributed by atoms with Gasteiger partial charge < -0.3 is 0 Å². The van der Waals surface area contributed by atoms with Crippen LogP contribution in [0.15, 0.2) is 36.5 Å². The Hall–Kier alpha value is -0.350. The van der Waals surface area contributed by atoms with E-state index in [0.717, 1.165) is 0 Å². The molecule has 0 aromatic heterocycles. The second-order valence-corrected chi connectivity index (χ2v) is 6.69. The fraction of sp³-hybridized carbons (Fsp3) is 0.571. The van der Waals surface area contributed by atoms with Crippen LogP contribution in [0.1, 0.15) is 33.6 Å². The van der Waals surface area contributed by atoms with Crippen molar-refractivity contribution in [2.75, 3.05) is 13.3 Å². The molecular weight excluding hydrogens is 199 g/mol. The zero-order valence-corrected chi connectivity index (χ0v) is 11.8. The first-order valence-electron chi connectivity index (χ1n) is 5.71. The normalized spacial score (nSPS) is 13.2. The molecule has 0 aliphatic carbocycles. The van der Waals surface area contributed by atoms with Crippen molar-refractivity contribution in [1.82, 2.24) is 0 Å². The van der Waals surface area contributed by atoms with Crippen molar-refractivity contribution in [2.45, 2.75) is 38.8 Å². The summed E-state index contributed by atoms with van der Waals surface area (Å²) in [7, 11) is 0.0165. The van der Waals surface area contributed by atoms with Gasteiger partial charge in [-0.1, -0.05) is 44.7 Å². The van der Waals surface area contributed by atoms with E-state index in [1.165, 1.54) is 18.4 Å². The number of allylic oxidation sites excluding steroid dienone is 5. The number of hydrogen-bond acceptors (Lipinski definition) is 0. The highest BCUT2D eigenvalue weighted by molar-refractivity contribution is 7.58. The molecule has 0 aliphatic rings. The molecule has 0 unspecified atom stereocenters. The second kappa shape index (κ2) is 7.01. The van der Waals surface area contributed by atoms with Crippen molar-refractivity contribution in [1.29, 1.82) is 0 Å². The largest absolute Gasteiger partial charge is 0.102 e. The van der Waals surface area contributed by atoms with Crippen LogP contribution < -0.4 is 0 Å². The molecule has 0 aliphatic heterocycles. The summed E-state index contributed by atoms with van der Waals surface area (Å²) in [6, 6.07) is 0. The molecule has 15 heavy (non-hydrogen) atoms. The van der Waals surface area contributed by atoms with Gasteiger partial charge in [0.25, 0.3) is 0 Å². The predicted octanol–water partition coefficient (Wildman–Crippen LogP) is 4.98. The maximum absolute atomic E-state index is 4.26. The average Bonchev–Trinajstić information content (AvgIpc) is 2.20. The fourth-order valence-corrected chi connectivity index (χ4v) is 3.98. The van der Waals surface area contributed by atoms with Crippen molar-refractivity contribution in [3.05, 3.63) is 36.5 Å². The van der Waals surface area contributed by atoms with Gasteiger partial charge in [-0.15, -0.1) is 7.92 Å². The molecular formula is C14H25P. The number of rotatable bonds is 6. The van der Waals surface area contributed by atoms with Gasteiger partial charge in [-0.05, 0) is 38.7 Å². The van der Waals surface area contributed by atoms with Crippen LogP contribution in [-0.4, -0.2) is 18.5 Å². The summed E-state index contributed by atoms with van der Waals surface area (Å²) in [6.45, 7) is 15.6. The highest BCUT2D eigenvalue weighted by atomic mass is 31.1. The Balaban J connectivity index is 4.85. The molecule has 0 saturated heterocycles. The first-order chi connectivity index (χ1) is 7.05. The van der Waals surface area contributed by atoms with Crippen LogP contribution in [0.3, 0.4) is 0 Å². The van der Waals surface area contributed by atoms with E-state index in [1.54, 1.807) is 0 Å². The highest BCUT2D eigenvalue weighted by Crippen LogP contribution is 2.52. The lowest BCUT2D eigenvalue weighted by atomic mass is 9.93. The lowest BCUT2D eigenvalue weighted by Gasteiger charge is -2.37. The minimum absolute atomic E-state index is 0.0165. The van der Waals surface area contributed by atoms with E-state index in [4.69, 9.17) is 0 Å². The molecule has 0 aromatic rings.